The van der Waals surface area contributed by atoms with Crippen LogP contribution >= 0.6 is 11.6 Å². The number of anilines is 1. The summed E-state index contributed by atoms with van der Waals surface area (Å²) in [6.07, 6.45) is 0. The largest absolute Gasteiger partial charge is 0.506 e. The van der Waals surface area contributed by atoms with Gasteiger partial charge in [0.1, 0.15) is 5.75 Å². The summed E-state index contributed by atoms with van der Waals surface area (Å²) in [5.74, 6) is 0.181. The molecule has 2 aromatic rings. The van der Waals surface area contributed by atoms with E-state index in [0.717, 1.165) is 36.4 Å². The van der Waals surface area contributed by atoms with Gasteiger partial charge in [-0.2, -0.15) is 0 Å². The van der Waals surface area contributed by atoms with Crippen LogP contribution in [0.1, 0.15) is 29.8 Å². The number of carbonyl (C=O) groups is 1. The van der Waals surface area contributed by atoms with Crippen LogP contribution in [0, 0.1) is 0 Å². The van der Waals surface area contributed by atoms with Crippen molar-refractivity contribution in [2.75, 3.05) is 18.4 Å². The lowest BCUT2D eigenvalue weighted by Crippen LogP contribution is -2.63. The summed E-state index contributed by atoms with van der Waals surface area (Å²) in [7, 11) is 0. The van der Waals surface area contributed by atoms with Crippen LogP contribution in [0.15, 0.2) is 42.5 Å². The first kappa shape index (κ1) is 16.8. The molecule has 5 heteroatoms. The number of halogens is 1. The van der Waals surface area contributed by atoms with Crippen molar-refractivity contribution in [3.63, 3.8) is 0 Å². The third-order valence-electron chi connectivity index (χ3n) is 4.30. The van der Waals surface area contributed by atoms with Gasteiger partial charge >= 0.3 is 0 Å². The summed E-state index contributed by atoms with van der Waals surface area (Å²) in [4.78, 5) is 14.0. The van der Waals surface area contributed by atoms with Gasteiger partial charge in [0, 0.05) is 30.9 Å². The van der Waals surface area contributed by atoms with Crippen LogP contribution in [0.2, 0.25) is 5.02 Å². The Kier molecular flexibility index (Phi) is 4.52. The number of rotatable bonds is 5. The summed E-state index contributed by atoms with van der Waals surface area (Å²) in [6, 6.07) is 13.0. The zero-order valence-corrected chi connectivity index (χ0v) is 14.6. The number of phenols is 1. The molecular weight excluding hydrogens is 324 g/mol. The Bertz CT molecular complexity index is 770. The number of hydrogen-bond donors (Lipinski definition) is 2. The molecule has 4 nitrogen and oxygen atoms in total. The number of likely N-dealkylation sites (tertiary alicyclic amines) is 1. The average Bonchev–Trinajstić information content (AvgIpc) is 2.49. The highest BCUT2D eigenvalue weighted by atomic mass is 35.5. The lowest BCUT2D eigenvalue weighted by Gasteiger charge is -2.49. The monoisotopic (exact) mass is 344 g/mol. The maximum Gasteiger partial charge on any atom is 0.161 e. The van der Waals surface area contributed by atoms with Gasteiger partial charge in [0.15, 0.2) is 5.78 Å². The topological polar surface area (TPSA) is 52.6 Å². The van der Waals surface area contributed by atoms with Gasteiger partial charge in [-0.15, -0.1) is 0 Å². The molecule has 3 rings (SSSR count). The minimum absolute atomic E-state index is 0.0644. The SMILES string of the molecule is CC(=O)c1ccccc1NC1(C)CN(Cc2ccc(Cl)c(O)c2)C1. The van der Waals surface area contributed by atoms with Crippen molar-refractivity contribution in [3.05, 3.63) is 58.6 Å². The van der Waals surface area contributed by atoms with E-state index in [-0.39, 0.29) is 17.1 Å². The van der Waals surface area contributed by atoms with Crippen LogP contribution in [0.5, 0.6) is 5.75 Å². The molecule has 1 aliphatic heterocycles. The van der Waals surface area contributed by atoms with E-state index in [2.05, 4.69) is 17.1 Å². The molecule has 0 radical (unpaired) electrons. The van der Waals surface area contributed by atoms with Gasteiger partial charge in [0.2, 0.25) is 0 Å². The molecule has 0 bridgehead atoms. The second kappa shape index (κ2) is 6.46. The third-order valence-corrected chi connectivity index (χ3v) is 4.62. The molecule has 1 fully saturated rings. The molecule has 0 aliphatic carbocycles. The van der Waals surface area contributed by atoms with Crippen molar-refractivity contribution in [2.45, 2.75) is 25.9 Å². The quantitative estimate of drug-likeness (QED) is 0.807. The van der Waals surface area contributed by atoms with Gasteiger partial charge in [-0.25, -0.2) is 0 Å². The second-order valence-corrected chi connectivity index (χ2v) is 7.13. The van der Waals surface area contributed by atoms with E-state index in [1.165, 1.54) is 0 Å². The van der Waals surface area contributed by atoms with E-state index < -0.39 is 0 Å². The van der Waals surface area contributed by atoms with E-state index in [4.69, 9.17) is 11.6 Å². The predicted octanol–water partition coefficient (Wildman–Crippen LogP) is 3.93. The van der Waals surface area contributed by atoms with E-state index in [9.17, 15) is 9.90 Å². The first-order valence-corrected chi connectivity index (χ1v) is 8.32. The Morgan fingerprint density at radius 3 is 2.67 bits per heavy atom. The van der Waals surface area contributed by atoms with E-state index >= 15 is 0 Å². The van der Waals surface area contributed by atoms with Crippen molar-refractivity contribution in [2.24, 2.45) is 0 Å². The minimum Gasteiger partial charge on any atom is -0.506 e. The first-order valence-electron chi connectivity index (χ1n) is 7.94. The fourth-order valence-electron chi connectivity index (χ4n) is 3.27. The standard InChI is InChI=1S/C19H21ClN2O2/c1-13(23)15-5-3-4-6-17(15)21-19(2)11-22(12-19)10-14-7-8-16(20)18(24)9-14/h3-9,21,24H,10-12H2,1-2H3. The molecule has 0 atom stereocenters. The number of carbonyl (C=O) groups excluding carboxylic acids is 1. The van der Waals surface area contributed by atoms with Crippen LogP contribution in [0.3, 0.4) is 0 Å². The van der Waals surface area contributed by atoms with Crippen molar-refractivity contribution in [1.29, 1.82) is 0 Å². The Labute approximate surface area is 147 Å². The highest BCUT2D eigenvalue weighted by Gasteiger charge is 2.38. The zero-order chi connectivity index (χ0) is 17.3. The molecule has 126 valence electrons. The van der Waals surface area contributed by atoms with Gasteiger partial charge in [0.25, 0.3) is 0 Å². The fraction of sp³-hybridized carbons (Fsp3) is 0.316. The third kappa shape index (κ3) is 3.55. The Balaban J connectivity index is 1.62. The molecule has 0 saturated carbocycles. The number of nitrogens with zero attached hydrogens (tertiary/aromatic N) is 1. The van der Waals surface area contributed by atoms with E-state index in [0.29, 0.717) is 5.02 Å². The van der Waals surface area contributed by atoms with Crippen LogP contribution < -0.4 is 5.32 Å². The zero-order valence-electron chi connectivity index (χ0n) is 13.8. The predicted molar refractivity (Wildman–Crippen MR) is 96.9 cm³/mol. The molecular formula is C19H21ClN2O2. The summed E-state index contributed by atoms with van der Waals surface area (Å²) < 4.78 is 0. The molecule has 1 aliphatic rings. The summed E-state index contributed by atoms with van der Waals surface area (Å²) in [5, 5.41) is 13.6. The summed E-state index contributed by atoms with van der Waals surface area (Å²) in [5.41, 5.74) is 2.57. The van der Waals surface area contributed by atoms with Crippen molar-refractivity contribution in [1.82, 2.24) is 4.90 Å². The lowest BCUT2D eigenvalue weighted by molar-refractivity contribution is 0.0903. The highest BCUT2D eigenvalue weighted by Crippen LogP contribution is 2.30. The second-order valence-electron chi connectivity index (χ2n) is 6.72. The number of hydrogen-bond acceptors (Lipinski definition) is 4. The molecule has 0 spiro atoms. The van der Waals surface area contributed by atoms with Gasteiger partial charge in [-0.05, 0) is 43.7 Å². The number of ketones is 1. The van der Waals surface area contributed by atoms with Crippen molar-refractivity contribution in [3.8, 4) is 5.75 Å². The first-order chi connectivity index (χ1) is 11.4. The summed E-state index contributed by atoms with van der Waals surface area (Å²) in [6.45, 7) is 6.23. The van der Waals surface area contributed by atoms with Crippen molar-refractivity contribution >= 4 is 23.1 Å². The van der Waals surface area contributed by atoms with Crippen LogP contribution in [0.25, 0.3) is 0 Å². The van der Waals surface area contributed by atoms with Gasteiger partial charge < -0.3 is 10.4 Å². The number of nitrogens with one attached hydrogen (secondary N) is 1. The molecule has 0 unspecified atom stereocenters. The number of para-hydroxylation sites is 1. The number of phenolic OH excluding ortho intramolecular Hbond substituents is 1. The molecule has 0 amide bonds. The summed E-state index contributed by atoms with van der Waals surface area (Å²) >= 11 is 5.84. The Morgan fingerprint density at radius 1 is 1.29 bits per heavy atom. The average molecular weight is 345 g/mol. The molecule has 1 heterocycles. The molecule has 1 saturated heterocycles. The smallest absolute Gasteiger partial charge is 0.161 e. The molecule has 2 aromatic carbocycles. The fourth-order valence-corrected chi connectivity index (χ4v) is 3.39. The maximum atomic E-state index is 11.7. The van der Waals surface area contributed by atoms with Gasteiger partial charge in [-0.1, -0.05) is 29.8 Å². The van der Waals surface area contributed by atoms with Gasteiger partial charge in [-0.3, -0.25) is 9.69 Å². The van der Waals surface area contributed by atoms with Crippen LogP contribution in [-0.2, 0) is 6.54 Å². The molecule has 24 heavy (non-hydrogen) atoms. The number of Topliss-reactive ketones (excluding diaryl/α,β-unsaturated/α-hetero) is 1. The normalized spacial score (nSPS) is 16.5. The minimum atomic E-state index is -0.0694. The maximum absolute atomic E-state index is 11.7. The Morgan fingerprint density at radius 2 is 2.00 bits per heavy atom. The van der Waals surface area contributed by atoms with Gasteiger partial charge in [0.05, 0.1) is 10.6 Å². The molecule has 2 N–H and O–H groups in total. The highest BCUT2D eigenvalue weighted by molar-refractivity contribution is 6.32. The Hall–Kier alpha value is -2.04. The van der Waals surface area contributed by atoms with Crippen LogP contribution in [0.4, 0.5) is 5.69 Å². The molecule has 0 aromatic heterocycles. The lowest BCUT2D eigenvalue weighted by atomic mass is 9.90. The van der Waals surface area contributed by atoms with Crippen LogP contribution in [-0.4, -0.2) is 34.4 Å². The number of aromatic hydroxyl groups is 1. The van der Waals surface area contributed by atoms with E-state index in [1.807, 2.05) is 30.3 Å². The number of benzene rings is 2. The van der Waals surface area contributed by atoms with E-state index in [1.54, 1.807) is 19.1 Å². The van der Waals surface area contributed by atoms with Crippen molar-refractivity contribution < 1.29 is 9.90 Å².